The second-order valence-corrected chi connectivity index (χ2v) is 4.56. The van der Waals surface area contributed by atoms with Crippen molar-refractivity contribution in [3.8, 4) is 0 Å². The number of aliphatic carboxylic acids is 1. The molecule has 0 aliphatic heterocycles. The Morgan fingerprint density at radius 1 is 1.56 bits per heavy atom. The summed E-state index contributed by atoms with van der Waals surface area (Å²) in [7, 11) is 0. The third kappa shape index (κ3) is 4.20. The van der Waals surface area contributed by atoms with Crippen molar-refractivity contribution < 1.29 is 14.3 Å². The molecule has 0 aliphatic carbocycles. The van der Waals surface area contributed by atoms with Crippen molar-refractivity contribution in [1.82, 2.24) is 0 Å². The van der Waals surface area contributed by atoms with Crippen molar-refractivity contribution in [2.24, 2.45) is 5.92 Å². The number of benzene rings is 1. The van der Waals surface area contributed by atoms with Gasteiger partial charge in [0.05, 0.1) is 5.92 Å². The van der Waals surface area contributed by atoms with Gasteiger partial charge in [0.1, 0.15) is 5.82 Å². The van der Waals surface area contributed by atoms with Crippen LogP contribution in [-0.4, -0.2) is 24.2 Å². The zero-order valence-electron chi connectivity index (χ0n) is 10.7. The van der Waals surface area contributed by atoms with Gasteiger partial charge in [-0.3, -0.25) is 4.79 Å². The fourth-order valence-corrected chi connectivity index (χ4v) is 1.67. The number of halogens is 1. The summed E-state index contributed by atoms with van der Waals surface area (Å²) in [6, 6.07) is 6.14. The first-order chi connectivity index (χ1) is 8.40. The van der Waals surface area contributed by atoms with Gasteiger partial charge in [-0.25, -0.2) is 4.39 Å². The topological polar surface area (TPSA) is 40.5 Å². The number of nitrogens with zero attached hydrogens (tertiary/aromatic N) is 1. The van der Waals surface area contributed by atoms with Gasteiger partial charge in [-0.05, 0) is 25.1 Å². The lowest BCUT2D eigenvalue weighted by Crippen LogP contribution is -2.33. The standard InChI is InChI=1S/C14H18FNO2/c1-10(2)8-16(9-11(3)14(17)18)13-6-4-5-12(15)7-13/h4-7,11H,1,8-9H2,2-3H3,(H,17,18). The van der Waals surface area contributed by atoms with Crippen LogP contribution in [0.2, 0.25) is 0 Å². The van der Waals surface area contributed by atoms with Gasteiger partial charge < -0.3 is 10.0 Å². The van der Waals surface area contributed by atoms with Crippen molar-refractivity contribution >= 4 is 11.7 Å². The lowest BCUT2D eigenvalue weighted by molar-refractivity contribution is -0.140. The van der Waals surface area contributed by atoms with E-state index in [1.807, 2.05) is 11.8 Å². The molecule has 1 N–H and O–H groups in total. The maximum absolute atomic E-state index is 13.2. The number of carboxylic acid groups (broad SMARTS) is 1. The fraction of sp³-hybridized carbons (Fsp3) is 0.357. The highest BCUT2D eigenvalue weighted by atomic mass is 19.1. The first-order valence-corrected chi connectivity index (χ1v) is 5.78. The Morgan fingerprint density at radius 3 is 2.72 bits per heavy atom. The summed E-state index contributed by atoms with van der Waals surface area (Å²) < 4.78 is 13.2. The summed E-state index contributed by atoms with van der Waals surface area (Å²) in [5.74, 6) is -1.71. The Morgan fingerprint density at radius 2 is 2.22 bits per heavy atom. The molecule has 3 nitrogen and oxygen atoms in total. The number of rotatable bonds is 6. The number of anilines is 1. The van der Waals surface area contributed by atoms with Crippen LogP contribution in [-0.2, 0) is 4.79 Å². The SMILES string of the molecule is C=C(C)CN(CC(C)C(=O)O)c1cccc(F)c1. The number of hydrogen-bond acceptors (Lipinski definition) is 2. The Bertz CT molecular complexity index is 445. The monoisotopic (exact) mass is 251 g/mol. The van der Waals surface area contributed by atoms with Crippen molar-refractivity contribution in [3.05, 3.63) is 42.2 Å². The van der Waals surface area contributed by atoms with Gasteiger partial charge in [0.15, 0.2) is 0 Å². The van der Waals surface area contributed by atoms with E-state index >= 15 is 0 Å². The molecule has 0 fully saturated rings. The molecule has 18 heavy (non-hydrogen) atoms. The Balaban J connectivity index is 2.90. The number of carboxylic acids is 1. The zero-order chi connectivity index (χ0) is 13.7. The van der Waals surface area contributed by atoms with E-state index in [0.717, 1.165) is 5.57 Å². The van der Waals surface area contributed by atoms with Crippen LogP contribution in [0.3, 0.4) is 0 Å². The van der Waals surface area contributed by atoms with E-state index in [1.165, 1.54) is 12.1 Å². The van der Waals surface area contributed by atoms with Crippen LogP contribution in [0.5, 0.6) is 0 Å². The molecule has 0 spiro atoms. The lowest BCUT2D eigenvalue weighted by Gasteiger charge is -2.26. The van der Waals surface area contributed by atoms with Crippen LogP contribution in [0.4, 0.5) is 10.1 Å². The van der Waals surface area contributed by atoms with Crippen molar-refractivity contribution in [2.75, 3.05) is 18.0 Å². The molecule has 0 bridgehead atoms. The zero-order valence-corrected chi connectivity index (χ0v) is 10.7. The summed E-state index contributed by atoms with van der Waals surface area (Å²) in [6.45, 7) is 8.14. The molecule has 1 aromatic rings. The molecule has 0 heterocycles. The molecule has 0 amide bonds. The molecule has 98 valence electrons. The van der Waals surface area contributed by atoms with Gasteiger partial charge in [-0.15, -0.1) is 0 Å². The molecule has 0 aliphatic rings. The summed E-state index contributed by atoms with van der Waals surface area (Å²) >= 11 is 0. The molecule has 0 saturated carbocycles. The van der Waals surface area contributed by atoms with E-state index in [1.54, 1.807) is 19.1 Å². The second-order valence-electron chi connectivity index (χ2n) is 4.56. The molecular formula is C14H18FNO2. The summed E-state index contributed by atoms with van der Waals surface area (Å²) in [4.78, 5) is 12.7. The minimum absolute atomic E-state index is 0.325. The molecule has 1 rings (SSSR count). The third-order valence-corrected chi connectivity index (χ3v) is 2.55. The molecule has 0 radical (unpaired) electrons. The van der Waals surface area contributed by atoms with Gasteiger partial charge in [-0.2, -0.15) is 0 Å². The van der Waals surface area contributed by atoms with Gasteiger partial charge in [0.2, 0.25) is 0 Å². The molecule has 1 unspecified atom stereocenters. The predicted octanol–water partition coefficient (Wildman–Crippen LogP) is 2.93. The highest BCUT2D eigenvalue weighted by molar-refractivity contribution is 5.70. The molecule has 0 saturated heterocycles. The smallest absolute Gasteiger partial charge is 0.308 e. The molecule has 1 aromatic carbocycles. The van der Waals surface area contributed by atoms with Gasteiger partial charge in [0, 0.05) is 18.8 Å². The Kier molecular flexibility index (Phi) is 4.89. The molecular weight excluding hydrogens is 233 g/mol. The highest BCUT2D eigenvalue weighted by Crippen LogP contribution is 2.18. The van der Waals surface area contributed by atoms with E-state index < -0.39 is 11.9 Å². The molecule has 1 atom stereocenters. The van der Waals surface area contributed by atoms with Crippen molar-refractivity contribution in [3.63, 3.8) is 0 Å². The van der Waals surface area contributed by atoms with E-state index in [9.17, 15) is 9.18 Å². The Labute approximate surface area is 107 Å². The second kappa shape index (κ2) is 6.19. The fourth-order valence-electron chi connectivity index (χ4n) is 1.67. The van der Waals surface area contributed by atoms with E-state index in [0.29, 0.717) is 18.8 Å². The maximum Gasteiger partial charge on any atom is 0.308 e. The van der Waals surface area contributed by atoms with E-state index in [4.69, 9.17) is 5.11 Å². The lowest BCUT2D eigenvalue weighted by atomic mass is 10.1. The van der Waals surface area contributed by atoms with Gasteiger partial charge >= 0.3 is 5.97 Å². The largest absolute Gasteiger partial charge is 0.481 e. The minimum Gasteiger partial charge on any atom is -0.481 e. The van der Waals surface area contributed by atoms with Crippen LogP contribution in [0, 0.1) is 11.7 Å². The average molecular weight is 251 g/mol. The van der Waals surface area contributed by atoms with Crippen LogP contribution in [0.25, 0.3) is 0 Å². The van der Waals surface area contributed by atoms with Crippen LogP contribution in [0.1, 0.15) is 13.8 Å². The Hall–Kier alpha value is -1.84. The number of hydrogen-bond donors (Lipinski definition) is 1. The third-order valence-electron chi connectivity index (χ3n) is 2.55. The average Bonchev–Trinajstić information content (AvgIpc) is 2.27. The van der Waals surface area contributed by atoms with Gasteiger partial charge in [-0.1, -0.05) is 25.1 Å². The molecule has 0 aromatic heterocycles. The normalized spacial score (nSPS) is 11.9. The first-order valence-electron chi connectivity index (χ1n) is 5.78. The quantitative estimate of drug-likeness (QED) is 0.790. The molecule has 4 heteroatoms. The maximum atomic E-state index is 13.2. The van der Waals surface area contributed by atoms with Crippen LogP contribution < -0.4 is 4.90 Å². The highest BCUT2D eigenvalue weighted by Gasteiger charge is 2.17. The predicted molar refractivity (Wildman–Crippen MR) is 70.2 cm³/mol. The van der Waals surface area contributed by atoms with Crippen LogP contribution >= 0.6 is 0 Å². The van der Waals surface area contributed by atoms with Crippen LogP contribution in [0.15, 0.2) is 36.4 Å². The van der Waals surface area contributed by atoms with Crippen molar-refractivity contribution in [1.29, 1.82) is 0 Å². The summed E-state index contributed by atoms with van der Waals surface area (Å²) in [5.41, 5.74) is 1.57. The summed E-state index contributed by atoms with van der Waals surface area (Å²) in [5, 5.41) is 8.94. The van der Waals surface area contributed by atoms with E-state index in [-0.39, 0.29) is 5.82 Å². The number of carbonyl (C=O) groups is 1. The minimum atomic E-state index is -0.863. The van der Waals surface area contributed by atoms with E-state index in [2.05, 4.69) is 6.58 Å². The first kappa shape index (κ1) is 14.2. The summed E-state index contributed by atoms with van der Waals surface area (Å²) in [6.07, 6.45) is 0. The van der Waals surface area contributed by atoms with Crippen molar-refractivity contribution in [2.45, 2.75) is 13.8 Å². The van der Waals surface area contributed by atoms with Gasteiger partial charge in [0.25, 0.3) is 0 Å².